The fraction of sp³-hybridized carbons (Fsp3) is 0.375. The molecule has 0 unspecified atom stereocenters. The van der Waals surface area contributed by atoms with Crippen LogP contribution in [-0.2, 0) is 0 Å². The number of H-pyrrole nitrogens is 1. The lowest BCUT2D eigenvalue weighted by molar-refractivity contribution is 0.0950. The predicted octanol–water partition coefficient (Wildman–Crippen LogP) is 0.872. The number of aryl methyl sites for hydroxylation is 1. The van der Waals surface area contributed by atoms with Gasteiger partial charge >= 0.3 is 0 Å². The number of amides is 1. The Balaban J connectivity index is 1.65. The Morgan fingerprint density at radius 2 is 2.30 bits per heavy atom. The number of aromatic amines is 1. The zero-order valence-corrected chi connectivity index (χ0v) is 13.0. The Morgan fingerprint density at radius 1 is 1.43 bits per heavy atom. The minimum atomic E-state index is -0.361. The summed E-state index contributed by atoms with van der Waals surface area (Å²) >= 11 is 0. The molecular weight excluding hydrogens is 294 g/mol. The van der Waals surface area contributed by atoms with Crippen LogP contribution in [0.15, 0.2) is 35.3 Å². The summed E-state index contributed by atoms with van der Waals surface area (Å²) in [7, 11) is 0. The maximum atomic E-state index is 12.2. The molecule has 120 valence electrons. The Kier molecular flexibility index (Phi) is 4.36. The van der Waals surface area contributed by atoms with Gasteiger partial charge in [0.15, 0.2) is 5.82 Å². The molecule has 2 aromatic rings. The fourth-order valence-electron chi connectivity index (χ4n) is 2.85. The summed E-state index contributed by atoms with van der Waals surface area (Å²) in [6, 6.07) is 7.20. The van der Waals surface area contributed by atoms with Crippen molar-refractivity contribution in [2.24, 2.45) is 0 Å². The Morgan fingerprint density at radius 3 is 3.04 bits per heavy atom. The fourth-order valence-corrected chi connectivity index (χ4v) is 2.85. The van der Waals surface area contributed by atoms with Crippen LogP contribution in [0.25, 0.3) is 0 Å². The second-order valence-electron chi connectivity index (χ2n) is 5.67. The standard InChI is InChI=1S/C16H19N5O2/c1-11-6-7-13(16(23)19-11)15(22)17-10-12-4-3-9-21(12)14-5-2-8-18-20-14/h2,5-8,12H,3-4,9-10H2,1H3,(H,17,22)(H,19,23)/t12-/m0/s1. The van der Waals surface area contributed by atoms with Crippen LogP contribution in [0.2, 0.25) is 0 Å². The number of nitrogens with one attached hydrogen (secondary N) is 2. The second-order valence-corrected chi connectivity index (χ2v) is 5.67. The topological polar surface area (TPSA) is 91.0 Å². The summed E-state index contributed by atoms with van der Waals surface area (Å²) in [6.07, 6.45) is 3.66. The SMILES string of the molecule is Cc1ccc(C(=O)NC[C@@H]2CCCN2c2cccnn2)c(=O)[nH]1. The molecule has 0 bridgehead atoms. The van der Waals surface area contributed by atoms with Gasteiger partial charge in [0, 0.05) is 31.0 Å². The minimum absolute atomic E-state index is 0.139. The van der Waals surface area contributed by atoms with E-state index in [2.05, 4.69) is 25.4 Å². The summed E-state index contributed by atoms with van der Waals surface area (Å²) in [5.74, 6) is 0.467. The van der Waals surface area contributed by atoms with Crippen molar-refractivity contribution in [1.82, 2.24) is 20.5 Å². The van der Waals surface area contributed by atoms with Crippen molar-refractivity contribution in [1.29, 1.82) is 0 Å². The van der Waals surface area contributed by atoms with Crippen LogP contribution in [0, 0.1) is 6.92 Å². The highest BCUT2D eigenvalue weighted by Crippen LogP contribution is 2.22. The summed E-state index contributed by atoms with van der Waals surface area (Å²) in [6.45, 7) is 3.15. The molecule has 1 fully saturated rings. The van der Waals surface area contributed by atoms with E-state index >= 15 is 0 Å². The third-order valence-electron chi connectivity index (χ3n) is 4.03. The third-order valence-corrected chi connectivity index (χ3v) is 4.03. The first-order valence-electron chi connectivity index (χ1n) is 7.67. The zero-order chi connectivity index (χ0) is 16.2. The van der Waals surface area contributed by atoms with Crippen molar-refractivity contribution < 1.29 is 4.79 Å². The van der Waals surface area contributed by atoms with Gasteiger partial charge in [-0.25, -0.2) is 0 Å². The number of nitrogens with zero attached hydrogens (tertiary/aromatic N) is 3. The van der Waals surface area contributed by atoms with Gasteiger partial charge in [-0.2, -0.15) is 5.10 Å². The second kappa shape index (κ2) is 6.60. The quantitative estimate of drug-likeness (QED) is 0.874. The number of hydrogen-bond donors (Lipinski definition) is 2. The molecular formula is C16H19N5O2. The van der Waals surface area contributed by atoms with E-state index < -0.39 is 0 Å². The van der Waals surface area contributed by atoms with Gasteiger partial charge in [-0.1, -0.05) is 0 Å². The third kappa shape index (κ3) is 3.39. The molecule has 0 saturated carbocycles. The molecule has 1 aliphatic heterocycles. The van der Waals surface area contributed by atoms with Crippen molar-refractivity contribution in [3.8, 4) is 0 Å². The van der Waals surface area contributed by atoms with E-state index in [4.69, 9.17) is 0 Å². The van der Waals surface area contributed by atoms with Crippen molar-refractivity contribution in [3.63, 3.8) is 0 Å². The predicted molar refractivity (Wildman–Crippen MR) is 86.5 cm³/mol. The van der Waals surface area contributed by atoms with Gasteiger partial charge in [-0.05, 0) is 44.0 Å². The number of anilines is 1. The summed E-state index contributed by atoms with van der Waals surface area (Å²) in [5, 5.41) is 10.9. The smallest absolute Gasteiger partial charge is 0.260 e. The van der Waals surface area contributed by atoms with E-state index in [1.807, 2.05) is 12.1 Å². The lowest BCUT2D eigenvalue weighted by Gasteiger charge is -2.25. The molecule has 1 amide bonds. The molecule has 3 rings (SSSR count). The van der Waals surface area contributed by atoms with Gasteiger partial charge in [-0.3, -0.25) is 9.59 Å². The van der Waals surface area contributed by atoms with Crippen LogP contribution < -0.4 is 15.8 Å². The minimum Gasteiger partial charge on any atom is -0.350 e. The zero-order valence-electron chi connectivity index (χ0n) is 13.0. The van der Waals surface area contributed by atoms with Crippen molar-refractivity contribution >= 4 is 11.7 Å². The van der Waals surface area contributed by atoms with Crippen LogP contribution in [0.4, 0.5) is 5.82 Å². The van der Waals surface area contributed by atoms with E-state index in [1.165, 1.54) is 0 Å². The summed E-state index contributed by atoms with van der Waals surface area (Å²) in [5.41, 5.74) is 0.510. The Bertz CT molecular complexity index is 744. The average molecular weight is 313 g/mol. The largest absolute Gasteiger partial charge is 0.350 e. The molecule has 0 spiro atoms. The highest BCUT2D eigenvalue weighted by atomic mass is 16.2. The molecule has 0 aromatic carbocycles. The molecule has 1 atom stereocenters. The Hall–Kier alpha value is -2.70. The maximum Gasteiger partial charge on any atom is 0.260 e. The molecule has 1 saturated heterocycles. The van der Waals surface area contributed by atoms with Gasteiger partial charge in [-0.15, -0.1) is 5.10 Å². The molecule has 1 aliphatic rings. The monoisotopic (exact) mass is 313 g/mol. The molecule has 23 heavy (non-hydrogen) atoms. The number of hydrogen-bond acceptors (Lipinski definition) is 5. The first-order valence-corrected chi connectivity index (χ1v) is 7.67. The van der Waals surface area contributed by atoms with E-state index in [-0.39, 0.29) is 23.1 Å². The van der Waals surface area contributed by atoms with Gasteiger partial charge in [0.2, 0.25) is 0 Å². The number of carbonyl (C=O) groups excluding carboxylic acids is 1. The van der Waals surface area contributed by atoms with E-state index in [0.717, 1.165) is 30.9 Å². The first-order chi connectivity index (χ1) is 11.1. The van der Waals surface area contributed by atoms with Gasteiger partial charge < -0.3 is 15.2 Å². The van der Waals surface area contributed by atoms with Crippen LogP contribution in [0.3, 0.4) is 0 Å². The first kappa shape index (κ1) is 15.2. The molecule has 2 aromatic heterocycles. The van der Waals surface area contributed by atoms with E-state index in [9.17, 15) is 9.59 Å². The van der Waals surface area contributed by atoms with Crippen LogP contribution in [-0.4, -0.2) is 40.2 Å². The molecule has 0 radical (unpaired) electrons. The Labute approximate surface area is 133 Å². The van der Waals surface area contributed by atoms with Gasteiger partial charge in [0.1, 0.15) is 5.56 Å². The van der Waals surface area contributed by atoms with E-state index in [0.29, 0.717) is 6.54 Å². The lowest BCUT2D eigenvalue weighted by Crippen LogP contribution is -2.41. The number of rotatable bonds is 4. The number of carbonyl (C=O) groups is 1. The van der Waals surface area contributed by atoms with Crippen molar-refractivity contribution in [2.45, 2.75) is 25.8 Å². The molecule has 0 aliphatic carbocycles. The summed E-state index contributed by atoms with van der Waals surface area (Å²) < 4.78 is 0. The number of aromatic nitrogens is 3. The average Bonchev–Trinajstić information content (AvgIpc) is 3.02. The normalized spacial score (nSPS) is 17.3. The number of pyridine rings is 1. The van der Waals surface area contributed by atoms with Crippen LogP contribution in [0.1, 0.15) is 28.9 Å². The van der Waals surface area contributed by atoms with Gasteiger partial charge in [0.25, 0.3) is 11.5 Å². The summed E-state index contributed by atoms with van der Waals surface area (Å²) in [4.78, 5) is 28.8. The molecule has 7 heteroatoms. The maximum absolute atomic E-state index is 12.2. The lowest BCUT2D eigenvalue weighted by atomic mass is 10.2. The molecule has 7 nitrogen and oxygen atoms in total. The molecule has 3 heterocycles. The van der Waals surface area contributed by atoms with Crippen molar-refractivity contribution in [3.05, 3.63) is 52.1 Å². The van der Waals surface area contributed by atoms with Gasteiger partial charge in [0.05, 0.1) is 0 Å². The highest BCUT2D eigenvalue weighted by Gasteiger charge is 2.26. The van der Waals surface area contributed by atoms with Crippen LogP contribution in [0.5, 0.6) is 0 Å². The van der Waals surface area contributed by atoms with Crippen LogP contribution >= 0.6 is 0 Å². The van der Waals surface area contributed by atoms with E-state index in [1.54, 1.807) is 25.3 Å². The molecule has 2 N–H and O–H groups in total. The highest BCUT2D eigenvalue weighted by molar-refractivity contribution is 5.93. The van der Waals surface area contributed by atoms with Crippen molar-refractivity contribution in [2.75, 3.05) is 18.0 Å².